The second kappa shape index (κ2) is 7.32. The van der Waals surface area contributed by atoms with Crippen molar-refractivity contribution in [2.24, 2.45) is 7.05 Å². The van der Waals surface area contributed by atoms with Crippen LogP contribution in [-0.4, -0.2) is 26.3 Å². The van der Waals surface area contributed by atoms with E-state index in [-0.39, 0.29) is 5.78 Å². The van der Waals surface area contributed by atoms with Crippen LogP contribution in [0.1, 0.15) is 32.2 Å². The van der Waals surface area contributed by atoms with Gasteiger partial charge in [-0.25, -0.2) is 0 Å². The second-order valence-electron chi connectivity index (χ2n) is 5.74. The van der Waals surface area contributed by atoms with Crippen molar-refractivity contribution in [3.05, 3.63) is 63.1 Å². The molecule has 0 bridgehead atoms. The first-order valence-electron chi connectivity index (χ1n) is 7.68. The smallest absolute Gasteiger partial charge is 0.191 e. The first-order valence-corrected chi connectivity index (χ1v) is 9.55. The van der Waals surface area contributed by atoms with Crippen molar-refractivity contribution in [3.63, 3.8) is 0 Å². The first kappa shape index (κ1) is 16.9. The molecule has 24 heavy (non-hydrogen) atoms. The molecule has 0 saturated carbocycles. The number of aromatic nitrogens is 3. The molecular formula is C18H19N3OS2. The molecule has 0 aliphatic rings. The summed E-state index contributed by atoms with van der Waals surface area (Å²) in [6.07, 6.45) is 0.770. The Balaban J connectivity index is 1.67. The summed E-state index contributed by atoms with van der Waals surface area (Å²) >= 11 is 3.15. The van der Waals surface area contributed by atoms with E-state index >= 15 is 0 Å². The Morgan fingerprint density at radius 3 is 2.83 bits per heavy atom. The lowest BCUT2D eigenvalue weighted by atomic mass is 10.0. The topological polar surface area (TPSA) is 47.8 Å². The van der Waals surface area contributed by atoms with E-state index in [2.05, 4.69) is 21.6 Å². The SMILES string of the molecule is Cc1ccc(C)c(C(=O)CSc2nnc(Cc3cccs3)n2C)c1. The fraction of sp³-hybridized carbons (Fsp3) is 0.278. The van der Waals surface area contributed by atoms with Crippen LogP contribution in [0.3, 0.4) is 0 Å². The summed E-state index contributed by atoms with van der Waals surface area (Å²) < 4.78 is 1.97. The predicted molar refractivity (Wildman–Crippen MR) is 99.1 cm³/mol. The molecular weight excluding hydrogens is 338 g/mol. The van der Waals surface area contributed by atoms with Gasteiger partial charge in [-0.1, -0.05) is 35.5 Å². The van der Waals surface area contributed by atoms with Gasteiger partial charge in [-0.05, 0) is 36.9 Å². The van der Waals surface area contributed by atoms with Crippen LogP contribution in [-0.2, 0) is 13.5 Å². The Hall–Kier alpha value is -1.92. The summed E-state index contributed by atoms with van der Waals surface area (Å²) in [5.41, 5.74) is 2.91. The number of Topliss-reactive ketones (excluding diaryl/α,β-unsaturated/α-hetero) is 1. The molecule has 1 aromatic carbocycles. The van der Waals surface area contributed by atoms with Crippen molar-refractivity contribution in [1.82, 2.24) is 14.8 Å². The lowest BCUT2D eigenvalue weighted by Gasteiger charge is -2.06. The van der Waals surface area contributed by atoms with Gasteiger partial charge in [0.25, 0.3) is 0 Å². The fourth-order valence-corrected chi connectivity index (χ4v) is 3.95. The number of carbonyl (C=O) groups excluding carboxylic acids is 1. The number of ketones is 1. The number of hydrogen-bond donors (Lipinski definition) is 0. The van der Waals surface area contributed by atoms with E-state index in [1.165, 1.54) is 16.6 Å². The molecule has 0 N–H and O–H groups in total. The predicted octanol–water partition coefficient (Wildman–Crippen LogP) is 4.06. The molecule has 0 aliphatic carbocycles. The number of thiophene rings is 1. The van der Waals surface area contributed by atoms with Crippen molar-refractivity contribution in [2.75, 3.05) is 5.75 Å². The van der Waals surface area contributed by atoms with Crippen molar-refractivity contribution in [1.29, 1.82) is 0 Å². The van der Waals surface area contributed by atoms with Gasteiger partial charge in [-0.15, -0.1) is 21.5 Å². The van der Waals surface area contributed by atoms with E-state index in [0.717, 1.165) is 34.1 Å². The minimum atomic E-state index is 0.129. The van der Waals surface area contributed by atoms with Gasteiger partial charge in [0.1, 0.15) is 5.82 Å². The molecule has 0 aliphatic heterocycles. The highest BCUT2D eigenvalue weighted by Gasteiger charge is 2.14. The van der Waals surface area contributed by atoms with Gasteiger partial charge < -0.3 is 4.57 Å². The molecule has 2 heterocycles. The third-order valence-electron chi connectivity index (χ3n) is 3.86. The van der Waals surface area contributed by atoms with Gasteiger partial charge in [-0.2, -0.15) is 0 Å². The molecule has 0 spiro atoms. The zero-order chi connectivity index (χ0) is 17.1. The van der Waals surface area contributed by atoms with Crippen LogP contribution in [0.15, 0.2) is 40.9 Å². The number of benzene rings is 1. The van der Waals surface area contributed by atoms with Crippen LogP contribution < -0.4 is 0 Å². The molecule has 2 aromatic heterocycles. The number of thioether (sulfide) groups is 1. The highest BCUT2D eigenvalue weighted by atomic mass is 32.2. The Kier molecular flexibility index (Phi) is 5.16. The minimum Gasteiger partial charge on any atom is -0.309 e. The molecule has 0 fully saturated rings. The highest BCUT2D eigenvalue weighted by Crippen LogP contribution is 2.21. The third-order valence-corrected chi connectivity index (χ3v) is 5.76. The monoisotopic (exact) mass is 357 g/mol. The molecule has 3 rings (SSSR count). The molecule has 0 unspecified atom stereocenters. The third kappa shape index (κ3) is 3.76. The standard InChI is InChI=1S/C18H19N3OS2/c1-12-6-7-13(2)15(9-12)16(22)11-24-18-20-19-17(21(18)3)10-14-5-4-8-23-14/h4-9H,10-11H2,1-3H3. The van der Waals surface area contributed by atoms with Gasteiger partial charge >= 0.3 is 0 Å². The van der Waals surface area contributed by atoms with Crippen LogP contribution in [0, 0.1) is 13.8 Å². The Labute approximate surface area is 149 Å². The fourth-order valence-electron chi connectivity index (χ4n) is 2.44. The average Bonchev–Trinajstić information content (AvgIpc) is 3.19. The molecule has 0 radical (unpaired) electrons. The van der Waals surface area contributed by atoms with Crippen LogP contribution in [0.5, 0.6) is 0 Å². The van der Waals surface area contributed by atoms with Crippen LogP contribution >= 0.6 is 23.1 Å². The van der Waals surface area contributed by atoms with Crippen LogP contribution in [0.25, 0.3) is 0 Å². The minimum absolute atomic E-state index is 0.129. The normalized spacial score (nSPS) is 11.0. The zero-order valence-electron chi connectivity index (χ0n) is 13.9. The molecule has 6 heteroatoms. The maximum absolute atomic E-state index is 12.5. The van der Waals surface area contributed by atoms with E-state index in [4.69, 9.17) is 0 Å². The molecule has 0 atom stereocenters. The maximum atomic E-state index is 12.5. The largest absolute Gasteiger partial charge is 0.309 e. The van der Waals surface area contributed by atoms with Gasteiger partial charge in [-0.3, -0.25) is 4.79 Å². The lowest BCUT2D eigenvalue weighted by molar-refractivity contribution is 0.102. The van der Waals surface area contributed by atoms with Crippen molar-refractivity contribution in [3.8, 4) is 0 Å². The Morgan fingerprint density at radius 1 is 1.25 bits per heavy atom. The van der Waals surface area contributed by atoms with Gasteiger partial charge in [0, 0.05) is 23.9 Å². The zero-order valence-corrected chi connectivity index (χ0v) is 15.6. The summed E-state index contributed by atoms with van der Waals surface area (Å²) in [7, 11) is 1.95. The summed E-state index contributed by atoms with van der Waals surface area (Å²) in [4.78, 5) is 13.7. The summed E-state index contributed by atoms with van der Waals surface area (Å²) in [6, 6.07) is 10.1. The number of aryl methyl sites for hydroxylation is 2. The number of nitrogens with zero attached hydrogens (tertiary/aromatic N) is 3. The molecule has 124 valence electrons. The van der Waals surface area contributed by atoms with E-state index in [1.54, 1.807) is 11.3 Å². The van der Waals surface area contributed by atoms with Crippen LogP contribution in [0.4, 0.5) is 0 Å². The van der Waals surface area contributed by atoms with E-state index < -0.39 is 0 Å². The summed E-state index contributed by atoms with van der Waals surface area (Å²) in [5.74, 6) is 1.41. The van der Waals surface area contributed by atoms with E-state index in [0.29, 0.717) is 5.75 Å². The molecule has 0 saturated heterocycles. The van der Waals surface area contributed by atoms with E-state index in [1.807, 2.05) is 49.7 Å². The molecule has 3 aromatic rings. The Bertz CT molecular complexity index is 853. The maximum Gasteiger partial charge on any atom is 0.191 e. The quantitative estimate of drug-likeness (QED) is 0.493. The molecule has 4 nitrogen and oxygen atoms in total. The second-order valence-corrected chi connectivity index (χ2v) is 7.72. The molecule has 0 amide bonds. The van der Waals surface area contributed by atoms with Crippen molar-refractivity contribution in [2.45, 2.75) is 25.4 Å². The average molecular weight is 358 g/mol. The Morgan fingerprint density at radius 2 is 2.08 bits per heavy atom. The highest BCUT2D eigenvalue weighted by molar-refractivity contribution is 7.99. The van der Waals surface area contributed by atoms with Gasteiger partial charge in [0.15, 0.2) is 10.9 Å². The van der Waals surface area contributed by atoms with Crippen LogP contribution in [0.2, 0.25) is 0 Å². The number of hydrogen-bond acceptors (Lipinski definition) is 5. The van der Waals surface area contributed by atoms with E-state index in [9.17, 15) is 4.79 Å². The number of carbonyl (C=O) groups is 1. The van der Waals surface area contributed by atoms with Crippen molar-refractivity contribution < 1.29 is 4.79 Å². The van der Waals surface area contributed by atoms with Gasteiger partial charge in [0.05, 0.1) is 5.75 Å². The van der Waals surface area contributed by atoms with Crippen molar-refractivity contribution >= 4 is 28.9 Å². The summed E-state index contributed by atoms with van der Waals surface area (Å²) in [6.45, 7) is 3.97. The lowest BCUT2D eigenvalue weighted by Crippen LogP contribution is -2.06. The number of rotatable bonds is 6. The summed E-state index contributed by atoms with van der Waals surface area (Å²) in [5, 5.41) is 11.3. The van der Waals surface area contributed by atoms with Gasteiger partial charge in [0.2, 0.25) is 0 Å². The first-order chi connectivity index (χ1) is 11.5.